The molecule has 0 fully saturated rings. The van der Waals surface area contributed by atoms with E-state index in [4.69, 9.17) is 4.74 Å². The molecule has 0 spiro atoms. The fourth-order valence-electron chi connectivity index (χ4n) is 0.804. The molecule has 0 unspecified atom stereocenters. The van der Waals surface area contributed by atoms with Crippen LogP contribution >= 0.6 is 22.6 Å². The van der Waals surface area contributed by atoms with Crippen LogP contribution in [0.4, 0.5) is 5.69 Å². The highest BCUT2D eigenvalue weighted by molar-refractivity contribution is 14.1. The second-order valence-corrected chi connectivity index (χ2v) is 2.65. The van der Waals surface area contributed by atoms with Crippen LogP contribution < -0.4 is 10.1 Å². The predicted molar refractivity (Wildman–Crippen MR) is 55.5 cm³/mol. The zero-order valence-corrected chi connectivity index (χ0v) is 8.46. The summed E-state index contributed by atoms with van der Waals surface area (Å²) in [6, 6.07) is 7.88. The summed E-state index contributed by atoms with van der Waals surface area (Å²) in [6.07, 6.45) is 0. The highest BCUT2D eigenvalue weighted by Crippen LogP contribution is 2.16. The molecule has 0 heterocycles. The number of benzene rings is 1. The number of anilines is 1. The van der Waals surface area contributed by atoms with Crippen LogP contribution in [-0.4, -0.2) is 11.7 Å². The van der Waals surface area contributed by atoms with Crippen molar-refractivity contribution in [3.05, 3.63) is 24.3 Å². The fraction of sp³-hybridized carbons (Fsp3) is 0.250. The van der Waals surface area contributed by atoms with Crippen LogP contribution in [-0.2, 0) is 0 Å². The number of nitrogens with one attached hydrogen (secondary N) is 1. The standard InChI is InChI=1S/C8H10INO/c1-10-7-3-2-4-8(5-7)11-6-9/h2-5,10H,6H2,1H3. The Balaban J connectivity index is 2.74. The summed E-state index contributed by atoms with van der Waals surface area (Å²) < 4.78 is 5.98. The zero-order valence-electron chi connectivity index (χ0n) is 6.30. The maximum Gasteiger partial charge on any atom is 0.139 e. The highest BCUT2D eigenvalue weighted by atomic mass is 127. The lowest BCUT2D eigenvalue weighted by atomic mass is 10.3. The summed E-state index contributed by atoms with van der Waals surface area (Å²) in [4.78, 5) is 0. The summed E-state index contributed by atoms with van der Waals surface area (Å²) in [5.41, 5.74) is 1.08. The van der Waals surface area contributed by atoms with Crippen LogP contribution in [0.25, 0.3) is 0 Å². The van der Waals surface area contributed by atoms with Crippen molar-refractivity contribution in [2.45, 2.75) is 0 Å². The number of alkyl halides is 1. The Morgan fingerprint density at radius 2 is 2.36 bits per heavy atom. The lowest BCUT2D eigenvalue weighted by Gasteiger charge is -2.03. The summed E-state index contributed by atoms with van der Waals surface area (Å²) in [7, 11) is 1.89. The van der Waals surface area contributed by atoms with Gasteiger partial charge in [-0.2, -0.15) is 0 Å². The molecule has 0 aliphatic rings. The predicted octanol–water partition coefficient (Wildman–Crippen LogP) is 2.50. The van der Waals surface area contributed by atoms with Gasteiger partial charge in [-0.25, -0.2) is 0 Å². The molecule has 0 saturated carbocycles. The molecular formula is C8H10INO. The molecule has 60 valence electrons. The summed E-state index contributed by atoms with van der Waals surface area (Å²) in [6.45, 7) is 0. The second-order valence-electron chi connectivity index (χ2n) is 2.03. The Labute approximate surface area is 80.1 Å². The molecule has 0 atom stereocenters. The van der Waals surface area contributed by atoms with E-state index < -0.39 is 0 Å². The van der Waals surface area contributed by atoms with Crippen LogP contribution in [0.2, 0.25) is 0 Å². The van der Waals surface area contributed by atoms with E-state index in [0.29, 0.717) is 4.61 Å². The number of hydrogen-bond acceptors (Lipinski definition) is 2. The Kier molecular flexibility index (Phi) is 3.48. The highest BCUT2D eigenvalue weighted by Gasteiger charge is 1.92. The van der Waals surface area contributed by atoms with Crippen molar-refractivity contribution in [1.82, 2.24) is 0 Å². The van der Waals surface area contributed by atoms with Gasteiger partial charge in [0, 0.05) is 18.8 Å². The van der Waals surface area contributed by atoms with Gasteiger partial charge in [-0.3, -0.25) is 0 Å². The van der Waals surface area contributed by atoms with Gasteiger partial charge in [0.1, 0.15) is 10.4 Å². The fourth-order valence-corrected chi connectivity index (χ4v) is 1.16. The quantitative estimate of drug-likeness (QED) is 0.668. The molecule has 0 amide bonds. The van der Waals surface area contributed by atoms with E-state index in [0.717, 1.165) is 11.4 Å². The lowest BCUT2D eigenvalue weighted by molar-refractivity contribution is 0.404. The molecule has 1 aromatic rings. The van der Waals surface area contributed by atoms with Gasteiger partial charge in [-0.05, 0) is 34.7 Å². The van der Waals surface area contributed by atoms with Crippen LogP contribution in [0, 0.1) is 0 Å². The smallest absolute Gasteiger partial charge is 0.139 e. The van der Waals surface area contributed by atoms with E-state index in [1.165, 1.54) is 0 Å². The summed E-state index contributed by atoms with van der Waals surface area (Å²) in [5, 5.41) is 3.04. The molecule has 0 aromatic heterocycles. The van der Waals surface area contributed by atoms with E-state index in [2.05, 4.69) is 27.9 Å². The van der Waals surface area contributed by atoms with Crippen molar-refractivity contribution in [2.75, 3.05) is 17.0 Å². The minimum atomic E-state index is 0.685. The number of rotatable bonds is 3. The van der Waals surface area contributed by atoms with Gasteiger partial charge in [0.05, 0.1) is 0 Å². The molecule has 0 radical (unpaired) electrons. The van der Waals surface area contributed by atoms with Crippen LogP contribution in [0.3, 0.4) is 0 Å². The first-order valence-electron chi connectivity index (χ1n) is 3.33. The third-order valence-electron chi connectivity index (χ3n) is 1.34. The molecule has 1 N–H and O–H groups in total. The molecule has 1 aromatic carbocycles. The largest absolute Gasteiger partial charge is 0.483 e. The van der Waals surface area contributed by atoms with E-state index in [-0.39, 0.29) is 0 Å². The maximum atomic E-state index is 5.30. The van der Waals surface area contributed by atoms with Crippen LogP contribution in [0.1, 0.15) is 0 Å². The third kappa shape index (κ3) is 2.57. The molecule has 3 heteroatoms. The van der Waals surface area contributed by atoms with Crippen LogP contribution in [0.5, 0.6) is 5.75 Å². The van der Waals surface area contributed by atoms with Crippen molar-refractivity contribution in [3.8, 4) is 5.75 Å². The minimum Gasteiger partial charge on any atom is -0.483 e. The first kappa shape index (κ1) is 8.64. The number of hydrogen-bond donors (Lipinski definition) is 1. The van der Waals surface area contributed by atoms with Crippen molar-refractivity contribution in [3.63, 3.8) is 0 Å². The molecule has 11 heavy (non-hydrogen) atoms. The van der Waals surface area contributed by atoms with E-state index in [1.54, 1.807) is 0 Å². The molecule has 1 rings (SSSR count). The second kappa shape index (κ2) is 4.43. The van der Waals surface area contributed by atoms with Crippen molar-refractivity contribution < 1.29 is 4.74 Å². The average Bonchev–Trinajstić information content (AvgIpc) is 2.06. The number of halogens is 1. The molecule has 0 saturated heterocycles. The maximum absolute atomic E-state index is 5.30. The van der Waals surface area contributed by atoms with E-state index >= 15 is 0 Å². The summed E-state index contributed by atoms with van der Waals surface area (Å²) in [5.74, 6) is 0.909. The van der Waals surface area contributed by atoms with Gasteiger partial charge >= 0.3 is 0 Å². The molecule has 0 aliphatic heterocycles. The van der Waals surface area contributed by atoms with Gasteiger partial charge in [0.25, 0.3) is 0 Å². The van der Waals surface area contributed by atoms with Gasteiger partial charge in [-0.15, -0.1) is 0 Å². The van der Waals surface area contributed by atoms with Gasteiger partial charge < -0.3 is 10.1 Å². The summed E-state index contributed by atoms with van der Waals surface area (Å²) >= 11 is 2.17. The van der Waals surface area contributed by atoms with Gasteiger partial charge in [0.2, 0.25) is 0 Å². The first-order chi connectivity index (χ1) is 5.36. The molecule has 0 aliphatic carbocycles. The Bertz CT molecular complexity index is 227. The SMILES string of the molecule is CNc1cccc(OCI)c1. The number of ether oxygens (including phenoxy) is 1. The third-order valence-corrected chi connectivity index (χ3v) is 1.66. The molecular weight excluding hydrogens is 253 g/mol. The van der Waals surface area contributed by atoms with E-state index in [9.17, 15) is 0 Å². The topological polar surface area (TPSA) is 21.3 Å². The Morgan fingerprint density at radius 1 is 1.55 bits per heavy atom. The first-order valence-corrected chi connectivity index (χ1v) is 4.86. The Morgan fingerprint density at radius 3 is 3.00 bits per heavy atom. The van der Waals surface area contributed by atoms with Gasteiger partial charge in [-0.1, -0.05) is 6.07 Å². The van der Waals surface area contributed by atoms with Crippen LogP contribution in [0.15, 0.2) is 24.3 Å². The monoisotopic (exact) mass is 263 g/mol. The van der Waals surface area contributed by atoms with Gasteiger partial charge in [0.15, 0.2) is 0 Å². The van der Waals surface area contributed by atoms with E-state index in [1.807, 2.05) is 31.3 Å². The molecule has 2 nitrogen and oxygen atoms in total. The van der Waals surface area contributed by atoms with Crippen molar-refractivity contribution >= 4 is 28.3 Å². The molecule has 0 bridgehead atoms. The average molecular weight is 263 g/mol. The van der Waals surface area contributed by atoms with Crippen molar-refractivity contribution in [1.29, 1.82) is 0 Å². The zero-order chi connectivity index (χ0) is 8.10. The minimum absolute atomic E-state index is 0.685. The Hall–Kier alpha value is -0.450. The lowest BCUT2D eigenvalue weighted by Crippen LogP contribution is -1.91. The normalized spacial score (nSPS) is 9.27. The van der Waals surface area contributed by atoms with Crippen molar-refractivity contribution in [2.24, 2.45) is 0 Å².